The van der Waals surface area contributed by atoms with Gasteiger partial charge in [-0.25, -0.2) is 0 Å². The molecule has 1 unspecified atom stereocenters. The van der Waals surface area contributed by atoms with E-state index in [2.05, 4.69) is 0 Å². The van der Waals surface area contributed by atoms with E-state index in [-0.39, 0.29) is 12.3 Å². The molecule has 0 bridgehead atoms. The van der Waals surface area contributed by atoms with Crippen LogP contribution in [0.1, 0.15) is 12.8 Å². The molecule has 0 radical (unpaired) electrons. The zero-order valence-corrected chi connectivity index (χ0v) is 5.77. The van der Waals surface area contributed by atoms with Crippen molar-refractivity contribution in [2.75, 3.05) is 5.88 Å². The van der Waals surface area contributed by atoms with Crippen molar-refractivity contribution in [3.8, 4) is 0 Å². The maximum Gasteiger partial charge on any atom is 0.217 e. The number of hydrogen-bond acceptors (Lipinski definition) is 2. The number of nitrogens with two attached hydrogens (primary N) is 1. The summed E-state index contributed by atoms with van der Waals surface area (Å²) in [6, 6.07) is 0. The number of hydrogen-bond donors (Lipinski definition) is 2. The van der Waals surface area contributed by atoms with Gasteiger partial charge in [0.2, 0.25) is 5.91 Å². The topological polar surface area (TPSA) is 63.3 Å². The Hall–Kier alpha value is -0.280. The molecule has 9 heavy (non-hydrogen) atoms. The normalized spacial score (nSPS) is 13.1. The Morgan fingerprint density at radius 3 is 2.67 bits per heavy atom. The SMILES string of the molecule is NC(=O)CCC(O)CCl. The summed E-state index contributed by atoms with van der Waals surface area (Å²) in [7, 11) is 0. The molecule has 4 heteroatoms. The van der Waals surface area contributed by atoms with Gasteiger partial charge >= 0.3 is 0 Å². The van der Waals surface area contributed by atoms with Crippen LogP contribution in [0.2, 0.25) is 0 Å². The molecule has 0 saturated heterocycles. The highest BCUT2D eigenvalue weighted by Gasteiger charge is 2.02. The molecular formula is C5H10ClNO2. The van der Waals surface area contributed by atoms with Gasteiger partial charge < -0.3 is 10.8 Å². The maximum atomic E-state index is 10.1. The van der Waals surface area contributed by atoms with Crippen LogP contribution in [-0.2, 0) is 4.79 Å². The fraction of sp³-hybridized carbons (Fsp3) is 0.800. The van der Waals surface area contributed by atoms with Crippen molar-refractivity contribution in [2.45, 2.75) is 18.9 Å². The minimum Gasteiger partial charge on any atom is -0.392 e. The largest absolute Gasteiger partial charge is 0.392 e. The predicted molar refractivity (Wildman–Crippen MR) is 35.2 cm³/mol. The first-order valence-electron chi connectivity index (χ1n) is 2.69. The van der Waals surface area contributed by atoms with E-state index in [1.54, 1.807) is 0 Å². The van der Waals surface area contributed by atoms with Crippen LogP contribution < -0.4 is 5.73 Å². The Labute approximate surface area is 58.8 Å². The molecule has 3 nitrogen and oxygen atoms in total. The fourth-order valence-corrected chi connectivity index (χ4v) is 0.540. The van der Waals surface area contributed by atoms with Crippen molar-refractivity contribution in [2.24, 2.45) is 5.73 Å². The fourth-order valence-electron chi connectivity index (χ4n) is 0.386. The number of rotatable bonds is 4. The molecule has 0 heterocycles. The molecule has 0 aliphatic rings. The van der Waals surface area contributed by atoms with Crippen LogP contribution in [-0.4, -0.2) is 23.0 Å². The van der Waals surface area contributed by atoms with Crippen LogP contribution >= 0.6 is 11.6 Å². The van der Waals surface area contributed by atoms with Crippen molar-refractivity contribution in [1.29, 1.82) is 0 Å². The van der Waals surface area contributed by atoms with Crippen LogP contribution in [0.25, 0.3) is 0 Å². The van der Waals surface area contributed by atoms with E-state index < -0.39 is 12.0 Å². The highest BCUT2D eigenvalue weighted by molar-refractivity contribution is 6.18. The van der Waals surface area contributed by atoms with E-state index in [9.17, 15) is 4.79 Å². The quantitative estimate of drug-likeness (QED) is 0.549. The van der Waals surface area contributed by atoms with Crippen LogP contribution in [0.5, 0.6) is 0 Å². The molecule has 3 N–H and O–H groups in total. The standard InChI is InChI=1S/C5H10ClNO2/c6-3-4(8)1-2-5(7)9/h4,8H,1-3H2,(H2,7,9). The molecule has 1 atom stereocenters. The third-order valence-electron chi connectivity index (χ3n) is 0.902. The summed E-state index contributed by atoms with van der Waals surface area (Å²) >= 11 is 5.23. The molecule has 0 saturated carbocycles. The smallest absolute Gasteiger partial charge is 0.217 e. The third kappa shape index (κ3) is 5.59. The van der Waals surface area contributed by atoms with Crippen LogP contribution in [0.4, 0.5) is 0 Å². The zero-order valence-electron chi connectivity index (χ0n) is 5.01. The average Bonchev–Trinajstić information content (AvgIpc) is 1.83. The Kier molecular flexibility index (Phi) is 4.44. The van der Waals surface area contributed by atoms with Crippen molar-refractivity contribution < 1.29 is 9.90 Å². The van der Waals surface area contributed by atoms with Gasteiger partial charge in [0, 0.05) is 12.3 Å². The first-order chi connectivity index (χ1) is 4.16. The van der Waals surface area contributed by atoms with Gasteiger partial charge in [0.05, 0.1) is 6.10 Å². The summed E-state index contributed by atoms with van der Waals surface area (Å²) < 4.78 is 0. The summed E-state index contributed by atoms with van der Waals surface area (Å²) in [5.41, 5.74) is 4.80. The number of carbonyl (C=O) groups excluding carboxylic acids is 1. The summed E-state index contributed by atoms with van der Waals surface area (Å²) in [5, 5.41) is 8.77. The number of primary amides is 1. The highest BCUT2D eigenvalue weighted by Crippen LogP contribution is 1.97. The average molecular weight is 152 g/mol. The number of amides is 1. The Bertz CT molecular complexity index is 97.0. The minimum absolute atomic E-state index is 0.160. The van der Waals surface area contributed by atoms with Crippen LogP contribution in [0.15, 0.2) is 0 Å². The van der Waals surface area contributed by atoms with Gasteiger partial charge in [0.1, 0.15) is 0 Å². The number of halogens is 1. The van der Waals surface area contributed by atoms with Gasteiger partial charge in [-0.15, -0.1) is 11.6 Å². The third-order valence-corrected chi connectivity index (χ3v) is 1.26. The monoisotopic (exact) mass is 151 g/mol. The molecule has 0 aromatic rings. The van der Waals surface area contributed by atoms with E-state index in [1.165, 1.54) is 0 Å². The second-order valence-corrected chi connectivity index (χ2v) is 2.12. The number of alkyl halides is 1. The second kappa shape index (κ2) is 4.58. The zero-order chi connectivity index (χ0) is 7.28. The lowest BCUT2D eigenvalue weighted by atomic mass is 10.2. The van der Waals surface area contributed by atoms with Gasteiger partial charge in [-0.05, 0) is 6.42 Å². The Balaban J connectivity index is 3.16. The first kappa shape index (κ1) is 8.72. The van der Waals surface area contributed by atoms with Crippen molar-refractivity contribution >= 4 is 17.5 Å². The molecule has 0 spiro atoms. The van der Waals surface area contributed by atoms with Gasteiger partial charge in [0.15, 0.2) is 0 Å². The van der Waals surface area contributed by atoms with E-state index in [1.807, 2.05) is 0 Å². The lowest BCUT2D eigenvalue weighted by molar-refractivity contribution is -0.118. The highest BCUT2D eigenvalue weighted by atomic mass is 35.5. The van der Waals surface area contributed by atoms with E-state index in [0.29, 0.717) is 6.42 Å². The minimum atomic E-state index is -0.598. The molecule has 0 aromatic carbocycles. The molecule has 0 rings (SSSR count). The van der Waals surface area contributed by atoms with E-state index in [0.717, 1.165) is 0 Å². The van der Waals surface area contributed by atoms with E-state index in [4.69, 9.17) is 22.4 Å². The van der Waals surface area contributed by atoms with Crippen LogP contribution in [0.3, 0.4) is 0 Å². The van der Waals surface area contributed by atoms with Gasteiger partial charge in [0.25, 0.3) is 0 Å². The second-order valence-electron chi connectivity index (χ2n) is 1.81. The summed E-state index contributed by atoms with van der Waals surface area (Å²) in [6.07, 6.45) is -0.0358. The lowest BCUT2D eigenvalue weighted by Crippen LogP contribution is -2.16. The van der Waals surface area contributed by atoms with Crippen molar-refractivity contribution in [3.05, 3.63) is 0 Å². The Morgan fingerprint density at radius 1 is 1.78 bits per heavy atom. The summed E-state index contributed by atoms with van der Waals surface area (Å²) in [4.78, 5) is 10.1. The first-order valence-corrected chi connectivity index (χ1v) is 3.22. The molecular weight excluding hydrogens is 142 g/mol. The van der Waals surface area contributed by atoms with E-state index >= 15 is 0 Å². The Morgan fingerprint density at radius 2 is 2.33 bits per heavy atom. The molecule has 0 aliphatic carbocycles. The number of aliphatic hydroxyl groups excluding tert-OH is 1. The van der Waals surface area contributed by atoms with Crippen molar-refractivity contribution in [3.63, 3.8) is 0 Å². The molecule has 0 fully saturated rings. The summed E-state index contributed by atoms with van der Waals surface area (Å²) in [5.74, 6) is -0.244. The summed E-state index contributed by atoms with van der Waals surface area (Å²) in [6.45, 7) is 0. The lowest BCUT2D eigenvalue weighted by Gasteiger charge is -2.01. The molecule has 1 amide bonds. The van der Waals surface area contributed by atoms with Crippen molar-refractivity contribution in [1.82, 2.24) is 0 Å². The molecule has 54 valence electrons. The molecule has 0 aromatic heterocycles. The maximum absolute atomic E-state index is 10.1. The van der Waals surface area contributed by atoms with Gasteiger partial charge in [-0.2, -0.15) is 0 Å². The van der Waals surface area contributed by atoms with Gasteiger partial charge in [-0.1, -0.05) is 0 Å². The molecule has 0 aliphatic heterocycles. The number of carbonyl (C=O) groups is 1. The number of aliphatic hydroxyl groups is 1. The van der Waals surface area contributed by atoms with Crippen LogP contribution in [0, 0.1) is 0 Å². The predicted octanol–water partition coefficient (Wildman–Crippen LogP) is -0.148. The van der Waals surface area contributed by atoms with Gasteiger partial charge in [-0.3, -0.25) is 4.79 Å².